The number of carboxylic acids is 1. The molecule has 1 N–H and O–H groups in total. The van der Waals surface area contributed by atoms with Gasteiger partial charge in [-0.05, 0) is 25.3 Å². The van der Waals surface area contributed by atoms with Gasteiger partial charge in [-0.1, -0.05) is 18.2 Å². The van der Waals surface area contributed by atoms with Crippen molar-refractivity contribution in [3.63, 3.8) is 0 Å². The van der Waals surface area contributed by atoms with E-state index < -0.39 is 12.0 Å². The van der Waals surface area contributed by atoms with Gasteiger partial charge in [-0.3, -0.25) is 4.79 Å². The number of benzene rings is 1. The Balaban J connectivity index is 1.87. The molecule has 1 fully saturated rings. The van der Waals surface area contributed by atoms with Crippen molar-refractivity contribution in [1.82, 2.24) is 4.90 Å². The fourth-order valence-corrected chi connectivity index (χ4v) is 3.09. The molecule has 0 bridgehead atoms. The number of carbonyl (C=O) groups excluding carboxylic acids is 1. The lowest BCUT2D eigenvalue weighted by Crippen LogP contribution is -2.43. The van der Waals surface area contributed by atoms with E-state index >= 15 is 0 Å². The number of ether oxygens (including phenoxy) is 1. The number of carboxylic acid groups (broad SMARTS) is 1. The maximum atomic E-state index is 12.7. The van der Waals surface area contributed by atoms with Gasteiger partial charge in [-0.15, -0.1) is 0 Å². The quantitative estimate of drug-likeness (QED) is 0.890. The van der Waals surface area contributed by atoms with Crippen LogP contribution >= 0.6 is 0 Å². The van der Waals surface area contributed by atoms with Crippen LogP contribution in [0.3, 0.4) is 0 Å². The van der Waals surface area contributed by atoms with Crippen LogP contribution in [0.1, 0.15) is 30.7 Å². The van der Waals surface area contributed by atoms with E-state index in [-0.39, 0.29) is 11.8 Å². The van der Waals surface area contributed by atoms with Crippen molar-refractivity contribution in [2.45, 2.75) is 31.2 Å². The number of nitrogens with zero attached hydrogens (tertiary/aromatic N) is 1. The molecule has 0 aliphatic carbocycles. The van der Waals surface area contributed by atoms with Gasteiger partial charge < -0.3 is 14.7 Å². The molecule has 1 saturated heterocycles. The first-order chi connectivity index (χ1) is 9.68. The molecule has 0 aromatic heterocycles. The second-order valence-corrected chi connectivity index (χ2v) is 5.26. The highest BCUT2D eigenvalue weighted by molar-refractivity contribution is 5.89. The summed E-state index contributed by atoms with van der Waals surface area (Å²) in [6, 6.07) is 6.84. The van der Waals surface area contributed by atoms with Crippen molar-refractivity contribution in [2.24, 2.45) is 0 Å². The van der Waals surface area contributed by atoms with Crippen LogP contribution in [0.5, 0.6) is 5.75 Å². The summed E-state index contributed by atoms with van der Waals surface area (Å²) >= 11 is 0. The van der Waals surface area contributed by atoms with E-state index in [1.165, 1.54) is 4.90 Å². The van der Waals surface area contributed by atoms with Crippen molar-refractivity contribution >= 4 is 11.9 Å². The van der Waals surface area contributed by atoms with Crippen LogP contribution in [-0.2, 0) is 9.59 Å². The molecular formula is C15H17NO4. The molecule has 2 heterocycles. The first kappa shape index (κ1) is 13.0. The van der Waals surface area contributed by atoms with Crippen LogP contribution in [0.2, 0.25) is 0 Å². The first-order valence-corrected chi connectivity index (χ1v) is 6.93. The standard InChI is InChI=1S/C15H17NO4/c17-14(16-8-3-5-12(16)15(18)19)11-7-9-20-13-6-2-1-4-10(11)13/h1-2,4,6,11-12H,3,5,7-9H2,(H,18,19)/t11-,12+/m0/s1. The summed E-state index contributed by atoms with van der Waals surface area (Å²) in [6.07, 6.45) is 1.91. The van der Waals surface area contributed by atoms with E-state index in [1.54, 1.807) is 0 Å². The lowest BCUT2D eigenvalue weighted by Gasteiger charge is -2.30. The molecule has 0 spiro atoms. The van der Waals surface area contributed by atoms with Gasteiger partial charge in [-0.25, -0.2) is 4.79 Å². The molecule has 5 nitrogen and oxygen atoms in total. The summed E-state index contributed by atoms with van der Waals surface area (Å²) in [5.41, 5.74) is 0.875. The molecule has 106 valence electrons. The number of amides is 1. The van der Waals surface area contributed by atoms with Gasteiger partial charge in [0, 0.05) is 12.1 Å². The number of rotatable bonds is 2. The van der Waals surface area contributed by atoms with Crippen LogP contribution < -0.4 is 4.74 Å². The van der Waals surface area contributed by atoms with Gasteiger partial charge in [0.05, 0.1) is 12.5 Å². The Hall–Kier alpha value is -2.04. The third-order valence-electron chi connectivity index (χ3n) is 4.08. The zero-order valence-electron chi connectivity index (χ0n) is 11.1. The average Bonchev–Trinajstić information content (AvgIpc) is 2.95. The summed E-state index contributed by atoms with van der Waals surface area (Å²) in [5, 5.41) is 9.21. The van der Waals surface area contributed by atoms with Crippen molar-refractivity contribution in [2.75, 3.05) is 13.2 Å². The van der Waals surface area contributed by atoms with E-state index in [0.29, 0.717) is 26.0 Å². The molecule has 0 unspecified atom stereocenters. The number of para-hydroxylation sites is 1. The number of carbonyl (C=O) groups is 2. The molecule has 5 heteroatoms. The summed E-state index contributed by atoms with van der Waals surface area (Å²) in [7, 11) is 0. The Bertz CT molecular complexity index is 542. The fourth-order valence-electron chi connectivity index (χ4n) is 3.09. The van der Waals surface area contributed by atoms with Crippen LogP contribution in [0.25, 0.3) is 0 Å². The number of hydrogen-bond donors (Lipinski definition) is 1. The zero-order chi connectivity index (χ0) is 14.1. The summed E-state index contributed by atoms with van der Waals surface area (Å²) < 4.78 is 5.55. The second kappa shape index (κ2) is 5.15. The number of hydrogen-bond acceptors (Lipinski definition) is 3. The van der Waals surface area contributed by atoms with Gasteiger partial charge in [-0.2, -0.15) is 0 Å². The third kappa shape index (κ3) is 2.13. The van der Waals surface area contributed by atoms with E-state index in [9.17, 15) is 14.7 Å². The minimum atomic E-state index is -0.906. The van der Waals surface area contributed by atoms with Gasteiger partial charge in [0.25, 0.3) is 0 Å². The first-order valence-electron chi connectivity index (χ1n) is 6.93. The smallest absolute Gasteiger partial charge is 0.326 e. The molecule has 1 amide bonds. The Kier molecular flexibility index (Phi) is 3.34. The normalized spacial score (nSPS) is 24.9. The molecule has 0 radical (unpaired) electrons. The van der Waals surface area contributed by atoms with Gasteiger partial charge >= 0.3 is 5.97 Å². The fraction of sp³-hybridized carbons (Fsp3) is 0.467. The topological polar surface area (TPSA) is 66.8 Å². The van der Waals surface area contributed by atoms with Crippen LogP contribution in [0, 0.1) is 0 Å². The maximum Gasteiger partial charge on any atom is 0.326 e. The Labute approximate surface area is 117 Å². The van der Waals surface area contributed by atoms with E-state index in [1.807, 2.05) is 24.3 Å². The highest BCUT2D eigenvalue weighted by Gasteiger charge is 2.39. The van der Waals surface area contributed by atoms with Crippen LogP contribution in [-0.4, -0.2) is 41.1 Å². The second-order valence-electron chi connectivity index (χ2n) is 5.26. The average molecular weight is 275 g/mol. The van der Waals surface area contributed by atoms with Gasteiger partial charge in [0.15, 0.2) is 0 Å². The minimum Gasteiger partial charge on any atom is -0.493 e. The monoisotopic (exact) mass is 275 g/mol. The van der Waals surface area contributed by atoms with Gasteiger partial charge in [0.1, 0.15) is 11.8 Å². The molecule has 3 rings (SSSR count). The third-order valence-corrected chi connectivity index (χ3v) is 4.08. The zero-order valence-corrected chi connectivity index (χ0v) is 11.1. The van der Waals surface area contributed by atoms with Crippen molar-refractivity contribution in [3.8, 4) is 5.75 Å². The predicted octanol–water partition coefficient (Wildman–Crippen LogP) is 1.63. The predicted molar refractivity (Wildman–Crippen MR) is 71.7 cm³/mol. The molecule has 2 aliphatic heterocycles. The summed E-state index contributed by atoms with van der Waals surface area (Å²) in [6.45, 7) is 1.04. The molecular weight excluding hydrogens is 258 g/mol. The van der Waals surface area contributed by atoms with E-state index in [2.05, 4.69) is 0 Å². The van der Waals surface area contributed by atoms with Crippen molar-refractivity contribution in [3.05, 3.63) is 29.8 Å². The number of likely N-dealkylation sites (tertiary alicyclic amines) is 1. The van der Waals surface area contributed by atoms with Crippen LogP contribution in [0.4, 0.5) is 0 Å². The lowest BCUT2D eigenvalue weighted by atomic mass is 9.91. The number of fused-ring (bicyclic) bond motifs is 1. The largest absolute Gasteiger partial charge is 0.493 e. The van der Waals surface area contributed by atoms with Gasteiger partial charge in [0.2, 0.25) is 5.91 Å². The molecule has 1 aromatic carbocycles. The molecule has 2 atom stereocenters. The molecule has 20 heavy (non-hydrogen) atoms. The Morgan fingerprint density at radius 2 is 2.05 bits per heavy atom. The highest BCUT2D eigenvalue weighted by atomic mass is 16.5. The molecule has 2 aliphatic rings. The Morgan fingerprint density at radius 1 is 1.25 bits per heavy atom. The maximum absolute atomic E-state index is 12.7. The van der Waals surface area contributed by atoms with Crippen LogP contribution in [0.15, 0.2) is 24.3 Å². The summed E-state index contributed by atoms with van der Waals surface area (Å²) in [4.78, 5) is 25.4. The van der Waals surface area contributed by atoms with Crippen molar-refractivity contribution in [1.29, 1.82) is 0 Å². The highest BCUT2D eigenvalue weighted by Crippen LogP contribution is 2.36. The lowest BCUT2D eigenvalue weighted by molar-refractivity contribution is -0.149. The minimum absolute atomic E-state index is 0.0781. The SMILES string of the molecule is O=C(O)[C@H]1CCCN1C(=O)[C@H]1CCOc2ccccc21. The molecule has 1 aromatic rings. The van der Waals surface area contributed by atoms with Crippen molar-refractivity contribution < 1.29 is 19.4 Å². The number of aliphatic carboxylic acids is 1. The van der Waals surface area contributed by atoms with E-state index in [4.69, 9.17) is 4.74 Å². The molecule has 0 saturated carbocycles. The Morgan fingerprint density at radius 3 is 2.85 bits per heavy atom. The summed E-state index contributed by atoms with van der Waals surface area (Å²) in [5.74, 6) is -0.523. The van der Waals surface area contributed by atoms with E-state index in [0.717, 1.165) is 17.7 Å².